The van der Waals surface area contributed by atoms with Crippen LogP contribution >= 0.6 is 11.6 Å². The van der Waals surface area contributed by atoms with Gasteiger partial charge in [-0.05, 0) is 25.0 Å². The van der Waals surface area contributed by atoms with Gasteiger partial charge in [-0.1, -0.05) is 11.6 Å². The van der Waals surface area contributed by atoms with Gasteiger partial charge in [-0.2, -0.15) is 0 Å². The molecular formula is C13H17ClFNO2. The molecule has 0 aromatic heterocycles. The summed E-state index contributed by atoms with van der Waals surface area (Å²) in [7, 11) is 0. The van der Waals surface area contributed by atoms with Gasteiger partial charge >= 0.3 is 0 Å². The largest absolute Gasteiger partial charge is 0.492 e. The summed E-state index contributed by atoms with van der Waals surface area (Å²) in [5.74, 6) is 0.154. The minimum atomic E-state index is -0.430. The number of rotatable bonds is 6. The summed E-state index contributed by atoms with van der Waals surface area (Å²) in [6.45, 7) is 2.98. The van der Waals surface area contributed by atoms with Crippen LogP contribution in [0.1, 0.15) is 12.8 Å². The lowest BCUT2D eigenvalue weighted by molar-refractivity contribution is 0.109. The molecule has 1 aromatic rings. The Kier molecular flexibility index (Phi) is 5.23. The average molecular weight is 274 g/mol. The molecule has 5 heteroatoms. The summed E-state index contributed by atoms with van der Waals surface area (Å²) in [6, 6.07) is 4.36. The van der Waals surface area contributed by atoms with Gasteiger partial charge in [-0.15, -0.1) is 0 Å². The predicted molar refractivity (Wildman–Crippen MR) is 68.7 cm³/mol. The van der Waals surface area contributed by atoms with E-state index in [2.05, 4.69) is 5.32 Å². The molecule has 1 unspecified atom stereocenters. The molecule has 1 aliphatic heterocycles. The fourth-order valence-corrected chi connectivity index (χ4v) is 2.05. The van der Waals surface area contributed by atoms with Crippen molar-refractivity contribution in [2.75, 3.05) is 26.3 Å². The molecule has 1 aromatic carbocycles. The number of hydrogen-bond acceptors (Lipinski definition) is 3. The highest BCUT2D eigenvalue weighted by molar-refractivity contribution is 6.30. The summed E-state index contributed by atoms with van der Waals surface area (Å²) in [6.07, 6.45) is 2.61. The third kappa shape index (κ3) is 4.12. The standard InChI is InChI=1S/C13H17ClFNO2/c14-12-8-10(3-4-13(12)15)18-7-5-16-9-11-2-1-6-17-11/h3-4,8,11,16H,1-2,5-7,9H2. The molecule has 0 spiro atoms. The quantitative estimate of drug-likeness (QED) is 0.809. The molecule has 0 bridgehead atoms. The first-order chi connectivity index (χ1) is 8.75. The van der Waals surface area contributed by atoms with Crippen molar-refractivity contribution in [1.29, 1.82) is 0 Å². The molecule has 18 heavy (non-hydrogen) atoms. The second kappa shape index (κ2) is 6.92. The normalized spacial score (nSPS) is 19.1. The third-order valence-electron chi connectivity index (χ3n) is 2.83. The van der Waals surface area contributed by atoms with E-state index in [1.807, 2.05) is 0 Å². The van der Waals surface area contributed by atoms with Crippen molar-refractivity contribution in [3.05, 3.63) is 29.0 Å². The molecule has 0 amide bonds. The minimum absolute atomic E-state index is 0.0832. The lowest BCUT2D eigenvalue weighted by Crippen LogP contribution is -2.29. The molecule has 0 saturated carbocycles. The molecule has 1 N–H and O–H groups in total. The minimum Gasteiger partial charge on any atom is -0.492 e. The number of halogens is 2. The molecular weight excluding hydrogens is 257 g/mol. The number of ether oxygens (including phenoxy) is 2. The molecule has 1 atom stereocenters. The maximum absolute atomic E-state index is 12.9. The second-order valence-corrected chi connectivity index (χ2v) is 4.67. The summed E-state index contributed by atoms with van der Waals surface area (Å²) in [5, 5.41) is 3.35. The van der Waals surface area contributed by atoms with E-state index in [9.17, 15) is 4.39 Å². The highest BCUT2D eigenvalue weighted by Crippen LogP contribution is 2.20. The Bertz CT molecular complexity index is 383. The first-order valence-electron chi connectivity index (χ1n) is 6.16. The Labute approximate surface area is 111 Å². The maximum atomic E-state index is 12.9. The predicted octanol–water partition coefficient (Wildman–Crippen LogP) is 2.63. The summed E-state index contributed by atoms with van der Waals surface area (Å²) in [4.78, 5) is 0. The Morgan fingerprint density at radius 1 is 1.50 bits per heavy atom. The smallest absolute Gasteiger partial charge is 0.142 e. The van der Waals surface area contributed by atoms with Crippen LogP contribution in [0.25, 0.3) is 0 Å². The van der Waals surface area contributed by atoms with E-state index in [1.54, 1.807) is 6.07 Å². The van der Waals surface area contributed by atoms with Crippen molar-refractivity contribution < 1.29 is 13.9 Å². The Balaban J connectivity index is 1.61. The van der Waals surface area contributed by atoms with Gasteiger partial charge in [0, 0.05) is 25.8 Å². The van der Waals surface area contributed by atoms with Crippen LogP contribution < -0.4 is 10.1 Å². The topological polar surface area (TPSA) is 30.5 Å². The summed E-state index contributed by atoms with van der Waals surface area (Å²) >= 11 is 5.65. The van der Waals surface area contributed by atoms with Crippen molar-refractivity contribution in [3.8, 4) is 5.75 Å². The molecule has 100 valence electrons. The number of nitrogens with one attached hydrogen (secondary N) is 1. The van der Waals surface area contributed by atoms with E-state index < -0.39 is 5.82 Å². The van der Waals surface area contributed by atoms with Gasteiger partial charge in [0.05, 0.1) is 11.1 Å². The van der Waals surface area contributed by atoms with Crippen molar-refractivity contribution >= 4 is 11.6 Å². The van der Waals surface area contributed by atoms with Crippen LogP contribution in [0.3, 0.4) is 0 Å². The van der Waals surface area contributed by atoms with E-state index in [4.69, 9.17) is 21.1 Å². The molecule has 1 heterocycles. The second-order valence-electron chi connectivity index (χ2n) is 4.26. The van der Waals surface area contributed by atoms with E-state index in [0.717, 1.165) is 32.5 Å². The van der Waals surface area contributed by atoms with Crippen LogP contribution in [0.2, 0.25) is 5.02 Å². The molecule has 1 saturated heterocycles. The highest BCUT2D eigenvalue weighted by atomic mass is 35.5. The third-order valence-corrected chi connectivity index (χ3v) is 3.12. The van der Waals surface area contributed by atoms with Gasteiger partial charge in [-0.3, -0.25) is 0 Å². The number of hydrogen-bond donors (Lipinski definition) is 1. The van der Waals surface area contributed by atoms with Crippen molar-refractivity contribution in [2.24, 2.45) is 0 Å². The Morgan fingerprint density at radius 3 is 3.11 bits per heavy atom. The fourth-order valence-electron chi connectivity index (χ4n) is 1.88. The monoisotopic (exact) mass is 273 g/mol. The molecule has 2 rings (SSSR count). The zero-order chi connectivity index (χ0) is 12.8. The van der Waals surface area contributed by atoms with Crippen LogP contribution in [0.5, 0.6) is 5.75 Å². The SMILES string of the molecule is Fc1ccc(OCCNCC2CCCO2)cc1Cl. The van der Waals surface area contributed by atoms with Gasteiger partial charge in [0.2, 0.25) is 0 Å². The van der Waals surface area contributed by atoms with Gasteiger partial charge in [0.25, 0.3) is 0 Å². The highest BCUT2D eigenvalue weighted by Gasteiger charge is 2.14. The molecule has 1 fully saturated rings. The van der Waals surface area contributed by atoms with Crippen LogP contribution in [0.4, 0.5) is 4.39 Å². The number of benzene rings is 1. The Hall–Kier alpha value is -0.840. The van der Waals surface area contributed by atoms with Crippen LogP contribution in [0.15, 0.2) is 18.2 Å². The van der Waals surface area contributed by atoms with E-state index >= 15 is 0 Å². The first-order valence-corrected chi connectivity index (χ1v) is 6.53. The first kappa shape index (κ1) is 13.6. The van der Waals surface area contributed by atoms with Gasteiger partial charge in [0.15, 0.2) is 0 Å². The zero-order valence-electron chi connectivity index (χ0n) is 10.1. The van der Waals surface area contributed by atoms with Crippen molar-refractivity contribution in [3.63, 3.8) is 0 Å². The molecule has 0 aliphatic carbocycles. The zero-order valence-corrected chi connectivity index (χ0v) is 10.9. The Morgan fingerprint density at radius 2 is 2.39 bits per heavy atom. The molecule has 1 aliphatic rings. The van der Waals surface area contributed by atoms with Crippen molar-refractivity contribution in [2.45, 2.75) is 18.9 Å². The summed E-state index contributed by atoms with van der Waals surface area (Å²) in [5.41, 5.74) is 0. The maximum Gasteiger partial charge on any atom is 0.142 e. The van der Waals surface area contributed by atoms with Crippen LogP contribution in [-0.4, -0.2) is 32.4 Å². The fraction of sp³-hybridized carbons (Fsp3) is 0.538. The molecule has 0 radical (unpaired) electrons. The molecule has 3 nitrogen and oxygen atoms in total. The van der Waals surface area contributed by atoms with Gasteiger partial charge < -0.3 is 14.8 Å². The average Bonchev–Trinajstić information content (AvgIpc) is 2.86. The van der Waals surface area contributed by atoms with E-state index in [1.165, 1.54) is 12.1 Å². The lowest BCUT2D eigenvalue weighted by atomic mass is 10.2. The lowest BCUT2D eigenvalue weighted by Gasteiger charge is -2.11. The van der Waals surface area contributed by atoms with E-state index in [-0.39, 0.29) is 5.02 Å². The van der Waals surface area contributed by atoms with Crippen LogP contribution in [0, 0.1) is 5.82 Å². The van der Waals surface area contributed by atoms with Crippen molar-refractivity contribution in [1.82, 2.24) is 5.32 Å². The van der Waals surface area contributed by atoms with E-state index in [0.29, 0.717) is 18.5 Å². The van der Waals surface area contributed by atoms with Crippen LogP contribution in [-0.2, 0) is 4.74 Å². The van der Waals surface area contributed by atoms with Gasteiger partial charge in [-0.25, -0.2) is 4.39 Å². The summed E-state index contributed by atoms with van der Waals surface area (Å²) < 4.78 is 23.8. The van der Waals surface area contributed by atoms with Gasteiger partial charge in [0.1, 0.15) is 18.2 Å².